The standard InChI is InChI=1S/C20H21NO4S/c1-14-3-7-16(8-4-14)18(23)12-25-17-9-5-15(6-10-17)11-19(26-13-22)20(24)21-2/h3-10,13,19H,11-12H2,1-2H3,(H,21,24). The van der Waals surface area contributed by atoms with E-state index in [-0.39, 0.29) is 18.3 Å². The Morgan fingerprint density at radius 2 is 1.77 bits per heavy atom. The van der Waals surface area contributed by atoms with Crippen LogP contribution in [0.2, 0.25) is 0 Å². The fraction of sp³-hybridized carbons (Fsp3) is 0.250. The lowest BCUT2D eigenvalue weighted by Gasteiger charge is -2.12. The number of hydrogen-bond acceptors (Lipinski definition) is 5. The van der Waals surface area contributed by atoms with Crippen LogP contribution in [0.25, 0.3) is 0 Å². The molecule has 0 aliphatic carbocycles. The van der Waals surface area contributed by atoms with E-state index in [0.717, 1.165) is 22.9 Å². The molecule has 0 heterocycles. The van der Waals surface area contributed by atoms with Crippen molar-refractivity contribution in [2.45, 2.75) is 18.6 Å². The van der Waals surface area contributed by atoms with E-state index in [1.807, 2.05) is 31.2 Å². The monoisotopic (exact) mass is 371 g/mol. The largest absolute Gasteiger partial charge is 0.485 e. The van der Waals surface area contributed by atoms with Crippen LogP contribution >= 0.6 is 11.8 Å². The summed E-state index contributed by atoms with van der Waals surface area (Å²) in [6.07, 6.45) is 0.436. The molecule has 1 unspecified atom stereocenters. The van der Waals surface area contributed by atoms with E-state index in [2.05, 4.69) is 5.32 Å². The van der Waals surface area contributed by atoms with E-state index in [1.165, 1.54) is 0 Å². The van der Waals surface area contributed by atoms with E-state index in [4.69, 9.17) is 4.74 Å². The molecule has 136 valence electrons. The van der Waals surface area contributed by atoms with Gasteiger partial charge in [0.05, 0.1) is 5.25 Å². The lowest BCUT2D eigenvalue weighted by Crippen LogP contribution is -2.31. The van der Waals surface area contributed by atoms with Crippen molar-refractivity contribution in [1.29, 1.82) is 0 Å². The van der Waals surface area contributed by atoms with Crippen molar-refractivity contribution in [3.63, 3.8) is 0 Å². The molecule has 0 aliphatic rings. The van der Waals surface area contributed by atoms with Crippen molar-refractivity contribution in [2.24, 2.45) is 0 Å². The number of thioether (sulfide) groups is 1. The number of carbonyl (C=O) groups is 3. The molecule has 6 heteroatoms. The summed E-state index contributed by atoms with van der Waals surface area (Å²) in [5.74, 6) is 0.302. The Hall–Kier alpha value is -2.60. The zero-order valence-corrected chi connectivity index (χ0v) is 15.5. The van der Waals surface area contributed by atoms with Crippen molar-refractivity contribution in [3.05, 3.63) is 65.2 Å². The molecule has 0 saturated heterocycles. The maximum Gasteiger partial charge on any atom is 0.233 e. The molecule has 0 spiro atoms. The van der Waals surface area contributed by atoms with Gasteiger partial charge >= 0.3 is 0 Å². The third-order valence-corrected chi connectivity index (χ3v) is 4.67. The summed E-state index contributed by atoms with van der Waals surface area (Å²) < 4.78 is 5.54. The summed E-state index contributed by atoms with van der Waals surface area (Å²) in [6.45, 7) is 1.93. The molecule has 1 N–H and O–H groups in total. The van der Waals surface area contributed by atoms with Gasteiger partial charge in [-0.3, -0.25) is 14.4 Å². The van der Waals surface area contributed by atoms with Crippen molar-refractivity contribution >= 4 is 29.1 Å². The van der Waals surface area contributed by atoms with Gasteiger partial charge in [-0.25, -0.2) is 0 Å². The maximum absolute atomic E-state index is 12.1. The molecule has 2 aromatic carbocycles. The third-order valence-electron chi connectivity index (χ3n) is 3.85. The molecule has 5 nitrogen and oxygen atoms in total. The predicted octanol–water partition coefficient (Wildman–Crippen LogP) is 2.84. The van der Waals surface area contributed by atoms with E-state index in [9.17, 15) is 14.4 Å². The minimum atomic E-state index is -0.465. The summed E-state index contributed by atoms with van der Waals surface area (Å²) in [4.78, 5) is 34.6. The number of rotatable bonds is 9. The van der Waals surface area contributed by atoms with Crippen LogP contribution in [-0.2, 0) is 16.0 Å². The smallest absolute Gasteiger partial charge is 0.233 e. The zero-order chi connectivity index (χ0) is 18.9. The second-order valence-corrected chi connectivity index (χ2v) is 6.79. The molecule has 2 rings (SSSR count). The van der Waals surface area contributed by atoms with Gasteiger partial charge in [0, 0.05) is 12.6 Å². The van der Waals surface area contributed by atoms with Crippen LogP contribution in [0, 0.1) is 6.92 Å². The highest BCUT2D eigenvalue weighted by Gasteiger charge is 2.18. The Kier molecular flexibility index (Phi) is 7.41. The second kappa shape index (κ2) is 9.77. The van der Waals surface area contributed by atoms with Gasteiger partial charge in [0.1, 0.15) is 5.75 Å². The van der Waals surface area contributed by atoms with E-state index in [0.29, 0.717) is 23.4 Å². The van der Waals surface area contributed by atoms with Crippen LogP contribution in [0.1, 0.15) is 21.5 Å². The highest BCUT2D eigenvalue weighted by molar-refractivity contribution is 8.13. The number of Topliss-reactive ketones (excluding diaryl/α,β-unsaturated/α-hetero) is 1. The number of hydrogen-bond donors (Lipinski definition) is 1. The number of benzene rings is 2. The fourth-order valence-corrected chi connectivity index (χ4v) is 3.00. The first-order valence-corrected chi connectivity index (χ1v) is 9.10. The maximum atomic E-state index is 12.1. The van der Waals surface area contributed by atoms with Crippen molar-refractivity contribution < 1.29 is 19.1 Å². The van der Waals surface area contributed by atoms with Gasteiger partial charge in [-0.2, -0.15) is 0 Å². The van der Waals surface area contributed by atoms with E-state index >= 15 is 0 Å². The molecule has 26 heavy (non-hydrogen) atoms. The van der Waals surface area contributed by atoms with Gasteiger partial charge in [0.2, 0.25) is 5.91 Å². The van der Waals surface area contributed by atoms with Crippen LogP contribution in [0.15, 0.2) is 48.5 Å². The quantitative estimate of drug-likeness (QED) is 0.542. The predicted molar refractivity (Wildman–Crippen MR) is 103 cm³/mol. The summed E-state index contributed by atoms with van der Waals surface area (Å²) >= 11 is 0.952. The number of aryl methyl sites for hydroxylation is 1. The second-order valence-electron chi connectivity index (χ2n) is 5.76. The lowest BCUT2D eigenvalue weighted by molar-refractivity contribution is -0.120. The van der Waals surface area contributed by atoms with E-state index in [1.54, 1.807) is 31.3 Å². The van der Waals surface area contributed by atoms with Gasteiger partial charge in [-0.05, 0) is 31.0 Å². The van der Waals surface area contributed by atoms with Crippen LogP contribution in [0.5, 0.6) is 5.75 Å². The van der Waals surface area contributed by atoms with Gasteiger partial charge < -0.3 is 10.1 Å². The molecule has 2 aromatic rings. The average Bonchev–Trinajstić information content (AvgIpc) is 2.66. The highest BCUT2D eigenvalue weighted by atomic mass is 32.2. The number of amides is 1. The van der Waals surface area contributed by atoms with E-state index < -0.39 is 5.25 Å². The van der Waals surface area contributed by atoms with Crippen LogP contribution in [0.3, 0.4) is 0 Å². The number of carbonyl (C=O) groups excluding carboxylic acids is 3. The minimum Gasteiger partial charge on any atom is -0.485 e. The summed E-state index contributed by atoms with van der Waals surface area (Å²) in [6, 6.07) is 14.5. The minimum absolute atomic E-state index is 0.0374. The molecular formula is C20H21NO4S. The van der Waals surface area contributed by atoms with Gasteiger partial charge in [-0.15, -0.1) is 0 Å². The van der Waals surface area contributed by atoms with Crippen LogP contribution in [0.4, 0.5) is 0 Å². The summed E-state index contributed by atoms with van der Waals surface area (Å²) in [7, 11) is 1.54. The Bertz CT molecular complexity index is 756. The van der Waals surface area contributed by atoms with Crippen LogP contribution < -0.4 is 10.1 Å². The highest BCUT2D eigenvalue weighted by Crippen LogP contribution is 2.18. The van der Waals surface area contributed by atoms with Crippen LogP contribution in [-0.4, -0.2) is 36.2 Å². The Morgan fingerprint density at radius 3 is 2.35 bits per heavy atom. The van der Waals surface area contributed by atoms with Gasteiger partial charge in [0.15, 0.2) is 18.0 Å². The average molecular weight is 371 g/mol. The Morgan fingerprint density at radius 1 is 1.12 bits per heavy atom. The number of ketones is 1. The molecular weight excluding hydrogens is 350 g/mol. The molecule has 0 fully saturated rings. The normalized spacial score (nSPS) is 11.5. The summed E-state index contributed by atoms with van der Waals surface area (Å²) in [5.41, 5.74) is 3.30. The topological polar surface area (TPSA) is 72.5 Å². The number of ether oxygens (including phenoxy) is 1. The Labute approximate surface area is 157 Å². The fourth-order valence-electron chi connectivity index (χ4n) is 2.34. The zero-order valence-electron chi connectivity index (χ0n) is 14.7. The third kappa shape index (κ3) is 5.74. The SMILES string of the molecule is CNC(=O)C(Cc1ccc(OCC(=O)c2ccc(C)cc2)cc1)SC=O. The van der Waals surface area contributed by atoms with Crippen molar-refractivity contribution in [3.8, 4) is 5.75 Å². The molecule has 0 aliphatic heterocycles. The first-order valence-electron chi connectivity index (χ1n) is 8.15. The number of nitrogens with one attached hydrogen (secondary N) is 1. The molecule has 1 atom stereocenters. The van der Waals surface area contributed by atoms with Crippen molar-refractivity contribution in [1.82, 2.24) is 5.32 Å². The molecule has 0 saturated carbocycles. The Balaban J connectivity index is 1.92. The molecule has 1 amide bonds. The molecule has 0 aromatic heterocycles. The lowest BCUT2D eigenvalue weighted by atomic mass is 10.1. The van der Waals surface area contributed by atoms with Gasteiger partial charge in [-0.1, -0.05) is 53.7 Å². The van der Waals surface area contributed by atoms with Crippen molar-refractivity contribution in [2.75, 3.05) is 13.7 Å². The molecule has 0 radical (unpaired) electrons. The van der Waals surface area contributed by atoms with Gasteiger partial charge in [0.25, 0.3) is 0 Å². The first-order chi connectivity index (χ1) is 12.5. The molecule has 0 bridgehead atoms. The first kappa shape index (κ1) is 19.7. The summed E-state index contributed by atoms with van der Waals surface area (Å²) in [5, 5.41) is 2.09.